The Morgan fingerprint density at radius 1 is 0.644 bits per heavy atom. The van der Waals surface area contributed by atoms with E-state index in [-0.39, 0.29) is 0 Å². The summed E-state index contributed by atoms with van der Waals surface area (Å²) in [6, 6.07) is 35.9. The highest BCUT2D eigenvalue weighted by Gasteiger charge is 2.18. The van der Waals surface area contributed by atoms with Crippen LogP contribution in [0.2, 0.25) is 0 Å². The summed E-state index contributed by atoms with van der Waals surface area (Å²) in [5.41, 5.74) is 5.59. The van der Waals surface area contributed by atoms with Gasteiger partial charge in [-0.05, 0) is 82.9 Å². The molecule has 0 N–H and O–H groups in total. The highest BCUT2D eigenvalue weighted by molar-refractivity contribution is 6.14. The summed E-state index contributed by atoms with van der Waals surface area (Å²) in [6.45, 7) is 7.44. The van der Waals surface area contributed by atoms with Crippen LogP contribution >= 0.6 is 0 Å². The van der Waals surface area contributed by atoms with Gasteiger partial charge in [0.05, 0.1) is 11.9 Å². The predicted molar refractivity (Wildman–Crippen MR) is 186 cm³/mol. The lowest BCUT2D eigenvalue weighted by Crippen LogP contribution is -2.10. The first-order valence-electron chi connectivity index (χ1n) is 14.6. The Kier molecular flexibility index (Phi) is 7.48. The number of nitrogens with zero attached hydrogens (tertiary/aromatic N) is 3. The fourth-order valence-electron chi connectivity index (χ4n) is 5.47. The Balaban J connectivity index is 1.34. The lowest BCUT2D eigenvalue weighted by molar-refractivity contribution is 0.564. The molecule has 0 aliphatic carbocycles. The van der Waals surface area contributed by atoms with Gasteiger partial charge in [-0.1, -0.05) is 86.0 Å². The van der Waals surface area contributed by atoms with Gasteiger partial charge in [0.15, 0.2) is 0 Å². The van der Waals surface area contributed by atoms with Crippen molar-refractivity contribution in [3.63, 3.8) is 0 Å². The topological polar surface area (TPSA) is 55.3 Å². The lowest BCUT2D eigenvalue weighted by Gasteiger charge is -2.27. The minimum atomic E-state index is 0.561. The summed E-state index contributed by atoms with van der Waals surface area (Å²) >= 11 is 0. The Hall–Kier alpha value is -6.20. The zero-order valence-electron chi connectivity index (χ0n) is 24.5. The maximum absolute atomic E-state index is 5.94. The smallest absolute Gasteiger partial charge is 0.226 e. The third kappa shape index (κ3) is 5.51. The molecule has 0 radical (unpaired) electrons. The normalized spacial score (nSPS) is 11.6. The minimum Gasteiger partial charge on any atom is -0.444 e. The van der Waals surface area contributed by atoms with Crippen LogP contribution in [-0.4, -0.2) is 9.97 Å². The number of anilines is 3. The molecule has 45 heavy (non-hydrogen) atoms. The zero-order chi connectivity index (χ0) is 30.6. The second kappa shape index (κ2) is 12.2. The number of hydrogen-bond acceptors (Lipinski definition) is 5. The van der Waals surface area contributed by atoms with Gasteiger partial charge in [-0.15, -0.1) is 0 Å². The molecule has 5 aromatic carbocycles. The second-order valence-electron chi connectivity index (χ2n) is 10.4. The van der Waals surface area contributed by atoms with Crippen molar-refractivity contribution in [3.8, 4) is 22.9 Å². The second-order valence-corrected chi connectivity index (χ2v) is 10.4. The van der Waals surface area contributed by atoms with Gasteiger partial charge in [-0.3, -0.25) is 0 Å². The molecule has 0 amide bonds. The predicted octanol–water partition coefficient (Wildman–Crippen LogP) is 11.2. The van der Waals surface area contributed by atoms with Crippen molar-refractivity contribution < 1.29 is 8.83 Å². The highest BCUT2D eigenvalue weighted by Crippen LogP contribution is 2.42. The van der Waals surface area contributed by atoms with Crippen molar-refractivity contribution in [2.75, 3.05) is 4.90 Å². The van der Waals surface area contributed by atoms with Gasteiger partial charge in [0, 0.05) is 27.9 Å². The van der Waals surface area contributed by atoms with E-state index in [1.807, 2.05) is 48.6 Å². The third-order valence-corrected chi connectivity index (χ3v) is 7.58. The van der Waals surface area contributed by atoms with Crippen molar-refractivity contribution in [2.45, 2.75) is 0 Å². The quantitative estimate of drug-likeness (QED) is 0.125. The van der Waals surface area contributed by atoms with Gasteiger partial charge >= 0.3 is 0 Å². The van der Waals surface area contributed by atoms with Crippen LogP contribution in [0.1, 0.15) is 11.5 Å². The number of allylic oxidation sites excluding steroid dienone is 4. The molecule has 0 saturated carbocycles. The number of rotatable bonds is 9. The first-order valence-corrected chi connectivity index (χ1v) is 14.6. The van der Waals surface area contributed by atoms with Crippen LogP contribution in [0, 0.1) is 0 Å². The molecule has 5 nitrogen and oxygen atoms in total. The molecule has 2 aromatic heterocycles. The molecule has 216 valence electrons. The molecule has 0 spiro atoms. The monoisotopic (exact) mass is 583 g/mol. The summed E-state index contributed by atoms with van der Waals surface area (Å²) in [4.78, 5) is 11.4. The molecule has 0 aliphatic rings. The molecule has 0 bridgehead atoms. The van der Waals surface area contributed by atoms with Crippen molar-refractivity contribution in [2.24, 2.45) is 0 Å². The van der Waals surface area contributed by atoms with Crippen molar-refractivity contribution in [1.29, 1.82) is 0 Å². The van der Waals surface area contributed by atoms with Crippen LogP contribution in [0.5, 0.6) is 0 Å². The van der Waals surface area contributed by atoms with Crippen LogP contribution in [0.4, 0.5) is 17.1 Å². The average Bonchev–Trinajstić information content (AvgIpc) is 3.78. The molecule has 0 saturated heterocycles. The molecule has 7 aromatic rings. The molecule has 0 aliphatic heterocycles. The summed E-state index contributed by atoms with van der Waals surface area (Å²) in [5, 5.41) is 4.74. The molecule has 7 rings (SSSR count). The summed E-state index contributed by atoms with van der Waals surface area (Å²) in [5.74, 6) is 1.80. The molecule has 0 atom stereocenters. The van der Waals surface area contributed by atoms with E-state index in [9.17, 15) is 0 Å². The number of benzene rings is 5. The average molecular weight is 584 g/mol. The standard InChI is InChI=1S/C40H29N3O2/c1-3-5-12-31-27-44-40(42-31)29-19-23-33(24-20-29)43(32-21-17-28(18-22-32)39-41-26-34(45-39)13-6-4-2)38-25-30-11-7-8-14-35(30)36-15-9-10-16-37(36)38/h3-27H,1-2H2/b12-5-,13-6-. The maximum Gasteiger partial charge on any atom is 0.226 e. The van der Waals surface area contributed by atoms with Crippen LogP contribution in [0.25, 0.3) is 56.6 Å². The van der Waals surface area contributed by atoms with Gasteiger partial charge in [-0.25, -0.2) is 9.97 Å². The van der Waals surface area contributed by atoms with Gasteiger partial charge in [0.25, 0.3) is 0 Å². The van der Waals surface area contributed by atoms with Crippen LogP contribution in [0.3, 0.4) is 0 Å². The first-order chi connectivity index (χ1) is 22.2. The molecule has 5 heteroatoms. The van der Waals surface area contributed by atoms with Crippen molar-refractivity contribution in [3.05, 3.63) is 165 Å². The summed E-state index contributed by atoms with van der Waals surface area (Å²) < 4.78 is 11.7. The summed E-state index contributed by atoms with van der Waals surface area (Å²) in [7, 11) is 0. The molecule has 2 heterocycles. The van der Waals surface area contributed by atoms with Gasteiger partial charge < -0.3 is 13.7 Å². The fourth-order valence-corrected chi connectivity index (χ4v) is 5.47. The van der Waals surface area contributed by atoms with Gasteiger partial charge in [0.1, 0.15) is 17.7 Å². The Labute approximate surface area is 261 Å². The maximum atomic E-state index is 5.94. The fraction of sp³-hybridized carbons (Fsp3) is 0. The highest BCUT2D eigenvalue weighted by atomic mass is 16.4. The van der Waals surface area contributed by atoms with E-state index in [4.69, 9.17) is 8.83 Å². The van der Waals surface area contributed by atoms with Crippen molar-refractivity contribution >= 4 is 50.8 Å². The third-order valence-electron chi connectivity index (χ3n) is 7.58. The largest absolute Gasteiger partial charge is 0.444 e. The number of fused-ring (bicyclic) bond motifs is 3. The van der Waals surface area contributed by atoms with Crippen molar-refractivity contribution in [1.82, 2.24) is 9.97 Å². The number of aromatic nitrogens is 2. The molecular weight excluding hydrogens is 554 g/mol. The van der Waals surface area contributed by atoms with Crippen LogP contribution in [0.15, 0.2) is 162 Å². The molecular formula is C40H29N3O2. The SMILES string of the molecule is C=C/C=C\c1coc(-c2ccc(N(c3ccc(-c4ncc(/C=C\C=C)o4)cc3)c3cc4ccccc4c4ccccc34)cc2)n1. The van der Waals surface area contributed by atoms with E-state index in [1.165, 1.54) is 16.2 Å². The van der Waals surface area contributed by atoms with E-state index in [2.05, 4.69) is 107 Å². The van der Waals surface area contributed by atoms with E-state index in [0.29, 0.717) is 17.5 Å². The van der Waals surface area contributed by atoms with Gasteiger partial charge in [0.2, 0.25) is 11.8 Å². The molecule has 0 fully saturated rings. The Morgan fingerprint density at radius 2 is 1.27 bits per heavy atom. The number of hydrogen-bond donors (Lipinski definition) is 0. The van der Waals surface area contributed by atoms with E-state index >= 15 is 0 Å². The van der Waals surface area contributed by atoms with E-state index in [1.54, 1.807) is 24.6 Å². The Morgan fingerprint density at radius 3 is 1.98 bits per heavy atom. The van der Waals surface area contributed by atoms with Crippen LogP contribution in [-0.2, 0) is 0 Å². The minimum absolute atomic E-state index is 0.561. The first kappa shape index (κ1) is 27.6. The van der Waals surface area contributed by atoms with Gasteiger partial charge in [-0.2, -0.15) is 0 Å². The van der Waals surface area contributed by atoms with E-state index in [0.717, 1.165) is 39.3 Å². The Bertz CT molecular complexity index is 2100. The van der Waals surface area contributed by atoms with Crippen LogP contribution < -0.4 is 4.90 Å². The lowest BCUT2D eigenvalue weighted by atomic mass is 9.99. The zero-order valence-corrected chi connectivity index (χ0v) is 24.5. The summed E-state index contributed by atoms with van der Waals surface area (Å²) in [6.07, 6.45) is 14.1. The number of oxazole rings is 2. The van der Waals surface area contributed by atoms with E-state index < -0.39 is 0 Å². The molecule has 0 unspecified atom stereocenters.